The molecule has 0 aliphatic heterocycles. The van der Waals surface area contributed by atoms with Gasteiger partial charge in [0.05, 0.1) is 18.7 Å². The van der Waals surface area contributed by atoms with Gasteiger partial charge in [0.15, 0.2) is 0 Å². The number of nitrogens with zero attached hydrogens (tertiary/aromatic N) is 4. The minimum atomic E-state index is -0.458. The molecular weight excluding hydrogens is 422 g/mol. The number of benzene rings is 3. The van der Waals surface area contributed by atoms with E-state index in [9.17, 15) is 4.79 Å². The van der Waals surface area contributed by atoms with Gasteiger partial charge in [-0.05, 0) is 29.3 Å². The molecule has 8 heteroatoms. The maximum absolute atomic E-state index is 13.5. The Morgan fingerprint density at radius 3 is 2.31 bits per heavy atom. The first-order valence-corrected chi connectivity index (χ1v) is 10.8. The number of anilines is 1. The van der Waals surface area contributed by atoms with Gasteiger partial charge in [-0.1, -0.05) is 72.0 Å². The first-order chi connectivity index (χ1) is 15.7. The van der Waals surface area contributed by atoms with E-state index in [4.69, 9.17) is 4.74 Å². The summed E-state index contributed by atoms with van der Waals surface area (Å²) in [7, 11) is 1.58. The van der Waals surface area contributed by atoms with Crippen LogP contribution < -0.4 is 10.1 Å². The van der Waals surface area contributed by atoms with Gasteiger partial charge in [0.1, 0.15) is 17.1 Å². The number of carbonyl (C=O) groups is 1. The molecule has 1 N–H and O–H groups in total. The van der Waals surface area contributed by atoms with Gasteiger partial charge in [0.25, 0.3) is 0 Å². The molecule has 1 amide bonds. The van der Waals surface area contributed by atoms with Crippen LogP contribution in [0.3, 0.4) is 0 Å². The largest absolute Gasteiger partial charge is 0.495 e. The molecule has 5 aromatic rings. The number of carbonyl (C=O) groups excluding carboxylic acids is 1. The van der Waals surface area contributed by atoms with Crippen molar-refractivity contribution in [1.82, 2.24) is 19.8 Å². The monoisotopic (exact) mass is 441 g/mol. The molecular formula is C24H19N5O2S. The molecule has 2 heterocycles. The van der Waals surface area contributed by atoms with Crippen LogP contribution in [0.5, 0.6) is 5.75 Å². The number of methoxy groups -OCH3 is 1. The molecule has 0 unspecified atom stereocenters. The summed E-state index contributed by atoms with van der Waals surface area (Å²) >= 11 is 1.42. The molecule has 0 radical (unpaired) electrons. The summed E-state index contributed by atoms with van der Waals surface area (Å²) in [5, 5.41) is 16.2. The predicted octanol–water partition coefficient (Wildman–Crippen LogP) is 4.63. The van der Waals surface area contributed by atoms with E-state index in [-0.39, 0.29) is 5.91 Å². The van der Waals surface area contributed by atoms with Gasteiger partial charge in [-0.2, -0.15) is 9.61 Å². The van der Waals surface area contributed by atoms with Crippen molar-refractivity contribution in [3.05, 3.63) is 96.3 Å². The Hall–Kier alpha value is -4.04. The number of hydrogen-bond donors (Lipinski definition) is 1. The van der Waals surface area contributed by atoms with Crippen LogP contribution in [0.4, 0.5) is 5.69 Å². The molecule has 0 spiro atoms. The minimum Gasteiger partial charge on any atom is -0.495 e. The van der Waals surface area contributed by atoms with Crippen LogP contribution in [-0.2, 0) is 4.79 Å². The summed E-state index contributed by atoms with van der Waals surface area (Å²) < 4.78 is 7.14. The molecule has 3 aromatic carbocycles. The third-order valence-corrected chi connectivity index (χ3v) is 6.08. The van der Waals surface area contributed by atoms with E-state index in [1.165, 1.54) is 11.3 Å². The highest BCUT2D eigenvalue weighted by Crippen LogP contribution is 2.34. The normalized spacial score (nSPS) is 11.1. The SMILES string of the molecule is COc1ccc(-c2nn3cnnc3s2)cc1NC(=O)C(c1ccccc1)c1ccccc1. The number of aromatic nitrogens is 4. The second kappa shape index (κ2) is 8.60. The van der Waals surface area contributed by atoms with Crippen LogP contribution in [0.25, 0.3) is 15.5 Å². The maximum Gasteiger partial charge on any atom is 0.236 e. The van der Waals surface area contributed by atoms with E-state index in [0.29, 0.717) is 16.4 Å². The van der Waals surface area contributed by atoms with Crippen molar-refractivity contribution >= 4 is 27.9 Å². The van der Waals surface area contributed by atoms with E-state index in [1.807, 2.05) is 78.9 Å². The van der Waals surface area contributed by atoms with Gasteiger partial charge in [0.2, 0.25) is 10.9 Å². The first-order valence-electron chi connectivity index (χ1n) is 9.99. The highest BCUT2D eigenvalue weighted by atomic mass is 32.1. The number of rotatable bonds is 6. The topological polar surface area (TPSA) is 81.4 Å². The van der Waals surface area contributed by atoms with Crippen molar-refractivity contribution in [1.29, 1.82) is 0 Å². The maximum atomic E-state index is 13.5. The zero-order valence-corrected chi connectivity index (χ0v) is 18.0. The van der Waals surface area contributed by atoms with Gasteiger partial charge < -0.3 is 10.1 Å². The van der Waals surface area contributed by atoms with Gasteiger partial charge in [-0.3, -0.25) is 4.79 Å². The first kappa shape index (κ1) is 19.9. The molecule has 0 fully saturated rings. The zero-order valence-electron chi connectivity index (χ0n) is 17.2. The highest BCUT2D eigenvalue weighted by Gasteiger charge is 2.24. The second-order valence-electron chi connectivity index (χ2n) is 7.12. The number of ether oxygens (including phenoxy) is 1. The van der Waals surface area contributed by atoms with Crippen molar-refractivity contribution < 1.29 is 9.53 Å². The van der Waals surface area contributed by atoms with Crippen molar-refractivity contribution in [3.63, 3.8) is 0 Å². The Morgan fingerprint density at radius 1 is 1.00 bits per heavy atom. The molecule has 0 aliphatic rings. The molecule has 0 saturated carbocycles. The van der Waals surface area contributed by atoms with E-state index >= 15 is 0 Å². The lowest BCUT2D eigenvalue weighted by Gasteiger charge is -2.19. The fraction of sp³-hybridized carbons (Fsp3) is 0.0833. The fourth-order valence-corrected chi connectivity index (χ4v) is 4.42. The van der Waals surface area contributed by atoms with Crippen molar-refractivity contribution in [3.8, 4) is 16.3 Å². The summed E-state index contributed by atoms with van der Waals surface area (Å²) in [5.41, 5.74) is 3.27. The van der Waals surface area contributed by atoms with Crippen LogP contribution in [-0.4, -0.2) is 32.8 Å². The van der Waals surface area contributed by atoms with Crippen LogP contribution >= 0.6 is 11.3 Å². The predicted molar refractivity (Wildman–Crippen MR) is 124 cm³/mol. The Balaban J connectivity index is 1.51. The van der Waals surface area contributed by atoms with Crippen molar-refractivity contribution in [2.24, 2.45) is 0 Å². The van der Waals surface area contributed by atoms with Crippen LogP contribution in [0.1, 0.15) is 17.0 Å². The third kappa shape index (κ3) is 3.83. The van der Waals surface area contributed by atoms with Crippen molar-refractivity contribution in [2.45, 2.75) is 5.92 Å². The lowest BCUT2D eigenvalue weighted by molar-refractivity contribution is -0.116. The fourth-order valence-electron chi connectivity index (χ4n) is 3.61. The zero-order chi connectivity index (χ0) is 21.9. The molecule has 2 aromatic heterocycles. The Morgan fingerprint density at radius 2 is 1.69 bits per heavy atom. The Bertz CT molecular complexity index is 1300. The summed E-state index contributed by atoms with van der Waals surface area (Å²) in [6, 6.07) is 25.1. The van der Waals surface area contributed by atoms with E-state index in [1.54, 1.807) is 18.0 Å². The Kier molecular flexibility index (Phi) is 5.35. The Labute approximate surface area is 188 Å². The summed E-state index contributed by atoms with van der Waals surface area (Å²) in [5.74, 6) is -0.0269. The molecule has 0 atom stereocenters. The number of nitrogens with one attached hydrogen (secondary N) is 1. The molecule has 5 rings (SSSR count). The van der Waals surface area contributed by atoms with Gasteiger partial charge in [-0.15, -0.1) is 10.2 Å². The highest BCUT2D eigenvalue weighted by molar-refractivity contribution is 7.19. The van der Waals surface area contributed by atoms with E-state index in [2.05, 4.69) is 20.6 Å². The average molecular weight is 442 g/mol. The van der Waals surface area contributed by atoms with Crippen LogP contribution in [0.15, 0.2) is 85.2 Å². The summed E-state index contributed by atoms with van der Waals surface area (Å²) in [4.78, 5) is 14.2. The molecule has 7 nitrogen and oxygen atoms in total. The quantitative estimate of drug-likeness (QED) is 0.415. The molecule has 0 saturated heterocycles. The summed E-state index contributed by atoms with van der Waals surface area (Å²) in [6.07, 6.45) is 1.56. The standard InChI is InChI=1S/C24H19N5O2S/c1-31-20-13-12-18(23-28-29-15-25-27-24(29)32-23)14-19(20)26-22(30)21(16-8-4-2-5-9-16)17-10-6-3-7-11-17/h2-15,21H,1H3,(H,26,30). The minimum absolute atomic E-state index is 0.143. The molecule has 158 valence electrons. The molecule has 32 heavy (non-hydrogen) atoms. The lowest BCUT2D eigenvalue weighted by atomic mass is 9.90. The number of hydrogen-bond acceptors (Lipinski definition) is 6. The third-order valence-electron chi connectivity index (χ3n) is 5.12. The van der Waals surface area contributed by atoms with Crippen LogP contribution in [0, 0.1) is 0 Å². The molecule has 0 bridgehead atoms. The lowest BCUT2D eigenvalue weighted by Crippen LogP contribution is -2.22. The summed E-state index contributed by atoms with van der Waals surface area (Å²) in [6.45, 7) is 0. The smallest absolute Gasteiger partial charge is 0.236 e. The van der Waals surface area contributed by atoms with Crippen molar-refractivity contribution in [2.75, 3.05) is 12.4 Å². The van der Waals surface area contributed by atoms with E-state index < -0.39 is 5.92 Å². The van der Waals surface area contributed by atoms with Gasteiger partial charge in [0, 0.05) is 5.56 Å². The second-order valence-corrected chi connectivity index (χ2v) is 8.08. The molecule has 0 aliphatic carbocycles. The number of amides is 1. The average Bonchev–Trinajstić information content (AvgIpc) is 3.43. The van der Waals surface area contributed by atoms with Gasteiger partial charge >= 0.3 is 0 Å². The van der Waals surface area contributed by atoms with Crippen LogP contribution in [0.2, 0.25) is 0 Å². The van der Waals surface area contributed by atoms with Gasteiger partial charge in [-0.25, -0.2) is 0 Å². The number of fused-ring (bicyclic) bond motifs is 1. The van der Waals surface area contributed by atoms with E-state index in [0.717, 1.165) is 21.7 Å².